The highest BCUT2D eigenvalue weighted by Crippen LogP contribution is 2.40. The summed E-state index contributed by atoms with van der Waals surface area (Å²) in [5, 5.41) is -0.0498. The van der Waals surface area contributed by atoms with Crippen LogP contribution in [0.5, 0.6) is 0 Å². The van der Waals surface area contributed by atoms with E-state index in [0.717, 1.165) is 5.56 Å². The maximum atomic E-state index is 13.1. The molecule has 1 amide bonds. The van der Waals surface area contributed by atoms with E-state index < -0.39 is 32.6 Å². The summed E-state index contributed by atoms with van der Waals surface area (Å²) in [6.45, 7) is 13.4. The maximum Gasteiger partial charge on any atom is 0.410 e. The van der Waals surface area contributed by atoms with Crippen LogP contribution >= 0.6 is 0 Å². The van der Waals surface area contributed by atoms with Crippen LogP contribution in [0.1, 0.15) is 39.4 Å². The first-order valence-corrected chi connectivity index (χ1v) is 13.0. The van der Waals surface area contributed by atoms with Crippen molar-refractivity contribution in [3.05, 3.63) is 48.0 Å². The van der Waals surface area contributed by atoms with Crippen molar-refractivity contribution in [2.45, 2.75) is 58.0 Å². The molecule has 1 aliphatic heterocycles. The zero-order valence-corrected chi connectivity index (χ0v) is 19.3. The van der Waals surface area contributed by atoms with E-state index in [1.165, 1.54) is 4.90 Å². The van der Waals surface area contributed by atoms with Crippen LogP contribution in [0.15, 0.2) is 42.5 Å². The molecule has 7 heteroatoms. The molecule has 1 aromatic rings. The summed E-state index contributed by atoms with van der Waals surface area (Å²) in [5.74, 6) is -0.443. The summed E-state index contributed by atoms with van der Waals surface area (Å²) in [6.07, 6.45) is 1.88. The van der Waals surface area contributed by atoms with Gasteiger partial charge in [0.05, 0.1) is 13.2 Å². The van der Waals surface area contributed by atoms with Crippen molar-refractivity contribution in [2.75, 3.05) is 19.7 Å². The third-order valence-corrected chi connectivity index (χ3v) is 9.84. The third kappa shape index (κ3) is 6.18. The van der Waals surface area contributed by atoms with Crippen molar-refractivity contribution in [1.29, 1.82) is 0 Å². The van der Waals surface area contributed by atoms with Gasteiger partial charge in [-0.05, 0) is 36.7 Å². The highest BCUT2D eigenvalue weighted by atomic mass is 28.4. The lowest BCUT2D eigenvalue weighted by Gasteiger charge is -2.39. The highest BCUT2D eigenvalue weighted by Gasteiger charge is 2.42. The van der Waals surface area contributed by atoms with E-state index in [1.54, 1.807) is 6.92 Å². The minimum Gasteiger partial charge on any atom is -0.454 e. The number of ether oxygens (including phenoxy) is 2. The van der Waals surface area contributed by atoms with E-state index in [-0.39, 0.29) is 11.6 Å². The van der Waals surface area contributed by atoms with E-state index in [9.17, 15) is 9.59 Å². The van der Waals surface area contributed by atoms with Gasteiger partial charge in [-0.15, -0.1) is 0 Å². The number of carbonyl (C=O) groups excluding carboxylic acids is 2. The molecule has 29 heavy (non-hydrogen) atoms. The highest BCUT2D eigenvalue weighted by molar-refractivity contribution is 6.74. The van der Waals surface area contributed by atoms with Crippen LogP contribution in [-0.4, -0.2) is 51.1 Å². The van der Waals surface area contributed by atoms with Gasteiger partial charge in [-0.25, -0.2) is 9.59 Å². The first kappa shape index (κ1) is 23.2. The van der Waals surface area contributed by atoms with Gasteiger partial charge in [0.2, 0.25) is 0 Å². The van der Waals surface area contributed by atoms with Crippen molar-refractivity contribution in [3.63, 3.8) is 0 Å². The zero-order valence-electron chi connectivity index (χ0n) is 18.3. The topological polar surface area (TPSA) is 65.1 Å². The summed E-state index contributed by atoms with van der Waals surface area (Å²) >= 11 is 0. The minimum absolute atomic E-state index is 0.0498. The lowest BCUT2D eigenvalue weighted by Crippen LogP contribution is -2.45. The lowest BCUT2D eigenvalue weighted by atomic mass is 10.1. The molecule has 1 heterocycles. The van der Waals surface area contributed by atoms with Crippen LogP contribution in [-0.2, 0) is 18.7 Å². The van der Waals surface area contributed by atoms with Crippen LogP contribution < -0.4 is 0 Å². The summed E-state index contributed by atoms with van der Waals surface area (Å²) in [6, 6.07) is 9.42. The second-order valence-corrected chi connectivity index (χ2v) is 13.4. The van der Waals surface area contributed by atoms with E-state index in [4.69, 9.17) is 13.9 Å². The molecule has 0 spiro atoms. The Balaban J connectivity index is 2.17. The predicted octanol–water partition coefficient (Wildman–Crippen LogP) is 4.69. The van der Waals surface area contributed by atoms with Gasteiger partial charge in [0.25, 0.3) is 0 Å². The van der Waals surface area contributed by atoms with Gasteiger partial charge in [0, 0.05) is 6.54 Å². The van der Waals surface area contributed by atoms with Gasteiger partial charge in [-0.1, -0.05) is 57.2 Å². The van der Waals surface area contributed by atoms with Crippen molar-refractivity contribution in [3.8, 4) is 0 Å². The molecule has 0 radical (unpaired) electrons. The van der Waals surface area contributed by atoms with Crippen molar-refractivity contribution < 1.29 is 23.5 Å². The lowest BCUT2D eigenvalue weighted by molar-refractivity contribution is -0.157. The molecule has 0 bridgehead atoms. The molecule has 0 fully saturated rings. The number of nitrogens with zero attached hydrogens (tertiary/aromatic N) is 1. The van der Waals surface area contributed by atoms with E-state index >= 15 is 0 Å². The van der Waals surface area contributed by atoms with Crippen molar-refractivity contribution in [1.82, 2.24) is 4.90 Å². The number of rotatable bonds is 6. The fourth-order valence-corrected chi connectivity index (χ4v) is 3.87. The Labute approximate surface area is 175 Å². The van der Waals surface area contributed by atoms with Crippen LogP contribution in [0.2, 0.25) is 18.1 Å². The van der Waals surface area contributed by atoms with Crippen molar-refractivity contribution >= 4 is 20.4 Å². The second kappa shape index (κ2) is 9.58. The molecule has 0 aromatic heterocycles. The zero-order chi connectivity index (χ0) is 21.7. The Bertz CT molecular complexity index is 726. The molecule has 2 atom stereocenters. The average molecular weight is 420 g/mol. The number of carbonyl (C=O) groups is 2. The Morgan fingerprint density at radius 2 is 1.86 bits per heavy atom. The van der Waals surface area contributed by atoms with Crippen LogP contribution in [0, 0.1) is 0 Å². The van der Waals surface area contributed by atoms with Gasteiger partial charge in [0.1, 0.15) is 6.10 Å². The summed E-state index contributed by atoms with van der Waals surface area (Å²) in [7, 11) is -2.22. The van der Waals surface area contributed by atoms with Crippen molar-refractivity contribution in [2.24, 2.45) is 0 Å². The fraction of sp³-hybridized carbons (Fsp3) is 0.545. The van der Waals surface area contributed by atoms with Gasteiger partial charge in [-0.3, -0.25) is 0 Å². The van der Waals surface area contributed by atoms with Crippen LogP contribution in [0.3, 0.4) is 0 Å². The molecule has 0 unspecified atom stereocenters. The molecule has 1 aromatic carbocycles. The van der Waals surface area contributed by atoms with Crippen LogP contribution in [0.25, 0.3) is 0 Å². The summed E-state index contributed by atoms with van der Waals surface area (Å²) in [4.78, 5) is 26.6. The number of benzene rings is 1. The maximum absolute atomic E-state index is 13.1. The Hall–Kier alpha value is -2.12. The monoisotopic (exact) mass is 419 g/mol. The SMILES string of the molecule is CCOC(=O)N1CC=C[C@H](OC(=O)[C@@H](O[Si](C)(C)C(C)(C)C)c2ccccc2)C1. The molecule has 0 saturated carbocycles. The van der Waals surface area contributed by atoms with E-state index in [1.807, 2.05) is 42.5 Å². The smallest absolute Gasteiger partial charge is 0.410 e. The summed E-state index contributed by atoms with van der Waals surface area (Å²) < 4.78 is 17.2. The van der Waals surface area contributed by atoms with Gasteiger partial charge in [-0.2, -0.15) is 0 Å². The second-order valence-electron chi connectivity index (χ2n) is 8.68. The molecule has 0 aliphatic carbocycles. The number of hydrogen-bond donors (Lipinski definition) is 0. The molecule has 0 N–H and O–H groups in total. The Kier molecular flexibility index (Phi) is 7.65. The largest absolute Gasteiger partial charge is 0.454 e. The minimum atomic E-state index is -2.22. The fourth-order valence-electron chi connectivity index (χ4n) is 2.70. The average Bonchev–Trinajstić information content (AvgIpc) is 2.66. The Morgan fingerprint density at radius 1 is 1.21 bits per heavy atom. The van der Waals surface area contributed by atoms with Gasteiger partial charge in [0.15, 0.2) is 14.4 Å². The molecule has 6 nitrogen and oxygen atoms in total. The third-order valence-electron chi connectivity index (χ3n) is 5.41. The number of hydrogen-bond acceptors (Lipinski definition) is 5. The summed E-state index contributed by atoms with van der Waals surface area (Å²) in [5.41, 5.74) is 0.768. The first-order chi connectivity index (χ1) is 13.5. The molecule has 160 valence electrons. The van der Waals surface area contributed by atoms with E-state index in [0.29, 0.717) is 13.2 Å². The quantitative estimate of drug-likeness (QED) is 0.380. The standard InChI is InChI=1S/C22H33NO5Si/c1-7-26-21(25)23-15-11-14-18(16-23)27-20(24)19(17-12-9-8-10-13-17)28-29(5,6)22(2,3)4/h8-14,18-19H,7,15-16H2,1-6H3/t18-,19-/m0/s1. The molecular weight excluding hydrogens is 386 g/mol. The Morgan fingerprint density at radius 3 is 2.45 bits per heavy atom. The molecule has 0 saturated heterocycles. The van der Waals surface area contributed by atoms with E-state index in [2.05, 4.69) is 33.9 Å². The normalized spacial score (nSPS) is 18.3. The number of esters is 1. The van der Waals surface area contributed by atoms with Gasteiger partial charge >= 0.3 is 12.1 Å². The molecule has 1 aliphatic rings. The van der Waals surface area contributed by atoms with Crippen LogP contribution in [0.4, 0.5) is 4.79 Å². The molecular formula is C22H33NO5Si. The first-order valence-electron chi connectivity index (χ1n) is 10.1. The predicted molar refractivity (Wildman–Crippen MR) is 115 cm³/mol. The number of amides is 1. The van der Waals surface area contributed by atoms with Gasteiger partial charge < -0.3 is 18.8 Å². The molecule has 2 rings (SSSR count).